The quantitative estimate of drug-likeness (QED) is 0.805. The number of hydrogen-bond donors (Lipinski definition) is 2. The van der Waals surface area contributed by atoms with Gasteiger partial charge in [-0.15, -0.1) is 0 Å². The molecule has 0 saturated heterocycles. The van der Waals surface area contributed by atoms with Gasteiger partial charge in [-0.2, -0.15) is 16.8 Å². The molecule has 0 spiro atoms. The number of benzene rings is 2. The topological polar surface area (TPSA) is 109 Å². The molecule has 0 unspecified atom stereocenters. The van der Waals surface area contributed by atoms with Crippen molar-refractivity contribution in [3.8, 4) is 0 Å². The van der Waals surface area contributed by atoms with Gasteiger partial charge in [0.15, 0.2) is 0 Å². The van der Waals surface area contributed by atoms with Crippen molar-refractivity contribution >= 4 is 31.8 Å². The highest BCUT2D eigenvalue weighted by Gasteiger charge is 2.22. The minimum absolute atomic E-state index is 0.794. The maximum Gasteiger partial charge on any atom is 0.295 e. The van der Waals surface area contributed by atoms with Gasteiger partial charge in [-0.3, -0.25) is 9.11 Å². The molecular weight excluding hydrogens is 340 g/mol. The van der Waals surface area contributed by atoms with Crippen LogP contribution in [0.25, 0.3) is 0 Å². The fraction of sp³-hybridized carbons (Fsp3) is 0. The molecule has 2 aromatic carbocycles. The van der Waals surface area contributed by atoms with E-state index in [1.165, 1.54) is 12.1 Å². The molecule has 0 fully saturated rings. The molecule has 0 heterocycles. The number of hydrogen-bond acceptors (Lipinski definition) is 4. The third kappa shape index (κ3) is 5.82. The number of halogens is 1. The normalized spacial score (nSPS) is 11.4. The van der Waals surface area contributed by atoms with Crippen LogP contribution in [0.2, 0.25) is 5.02 Å². The van der Waals surface area contributed by atoms with Crippen molar-refractivity contribution in [2.24, 2.45) is 0 Å². The van der Waals surface area contributed by atoms with Crippen molar-refractivity contribution in [3.63, 3.8) is 0 Å². The van der Waals surface area contributed by atoms with Crippen LogP contribution < -0.4 is 0 Å². The predicted molar refractivity (Wildman–Crippen MR) is 77.5 cm³/mol. The molecular formula is C12H11ClO6S2. The van der Waals surface area contributed by atoms with Crippen LogP contribution in [0.15, 0.2) is 64.4 Å². The van der Waals surface area contributed by atoms with Gasteiger partial charge < -0.3 is 0 Å². The van der Waals surface area contributed by atoms with Gasteiger partial charge in [-0.05, 0) is 24.3 Å². The van der Waals surface area contributed by atoms with Crippen molar-refractivity contribution in [1.29, 1.82) is 0 Å². The average Bonchev–Trinajstić information content (AvgIpc) is 2.38. The first-order chi connectivity index (χ1) is 9.62. The first-order valence-electron chi connectivity index (χ1n) is 5.37. The van der Waals surface area contributed by atoms with Crippen LogP contribution in [0.1, 0.15) is 0 Å². The summed E-state index contributed by atoms with van der Waals surface area (Å²) in [5.41, 5.74) is 0. The van der Waals surface area contributed by atoms with E-state index in [-0.39, 0.29) is 0 Å². The molecule has 0 atom stereocenters. The second kappa shape index (κ2) is 7.01. The summed E-state index contributed by atoms with van der Waals surface area (Å²) in [6.07, 6.45) is 0. The lowest BCUT2D eigenvalue weighted by atomic mass is 10.4. The molecule has 6 nitrogen and oxygen atoms in total. The minimum Gasteiger partial charge on any atom is -0.282 e. The van der Waals surface area contributed by atoms with E-state index in [0.29, 0.717) is 0 Å². The Balaban J connectivity index is 0.000000262. The number of rotatable bonds is 2. The summed E-state index contributed by atoms with van der Waals surface area (Å²) >= 11 is 5.54. The van der Waals surface area contributed by atoms with Crippen LogP contribution >= 0.6 is 11.6 Å². The summed E-state index contributed by atoms with van der Waals surface area (Å²) < 4.78 is 60.0. The Hall–Kier alpha value is -1.45. The highest BCUT2D eigenvalue weighted by atomic mass is 35.5. The maximum atomic E-state index is 10.7. The summed E-state index contributed by atoms with van der Waals surface area (Å²) in [5, 5.41) is 0.794. The maximum absolute atomic E-state index is 10.7. The van der Waals surface area contributed by atoms with E-state index in [2.05, 4.69) is 0 Å². The molecule has 0 bridgehead atoms. The molecule has 9 heteroatoms. The van der Waals surface area contributed by atoms with E-state index in [1.807, 2.05) is 30.3 Å². The van der Waals surface area contributed by atoms with Crippen LogP contribution in [0, 0.1) is 0 Å². The van der Waals surface area contributed by atoms with Gasteiger partial charge in [0, 0.05) is 5.02 Å². The van der Waals surface area contributed by atoms with Crippen LogP contribution in [0.3, 0.4) is 0 Å². The Morgan fingerprint density at radius 3 is 1.24 bits per heavy atom. The van der Waals surface area contributed by atoms with E-state index in [9.17, 15) is 16.8 Å². The average molecular weight is 351 g/mol. The predicted octanol–water partition coefficient (Wildman–Crippen LogP) is 2.52. The monoisotopic (exact) mass is 350 g/mol. The summed E-state index contributed by atoms with van der Waals surface area (Å²) in [5.74, 6) is 0. The molecule has 0 saturated carbocycles. The Kier molecular flexibility index (Phi) is 5.87. The van der Waals surface area contributed by atoms with Gasteiger partial charge in [0.2, 0.25) is 0 Å². The Labute approximate surface area is 127 Å². The summed E-state index contributed by atoms with van der Waals surface area (Å²) in [7, 11) is -9.31. The fourth-order valence-electron chi connectivity index (χ4n) is 1.29. The third-order valence-corrected chi connectivity index (χ3v) is 4.34. The molecule has 0 aliphatic rings. The van der Waals surface area contributed by atoms with Crippen LogP contribution in [0.4, 0.5) is 0 Å². The molecule has 0 aromatic heterocycles. The van der Waals surface area contributed by atoms with Crippen molar-refractivity contribution in [2.75, 3.05) is 0 Å². The van der Waals surface area contributed by atoms with E-state index >= 15 is 0 Å². The van der Waals surface area contributed by atoms with Crippen molar-refractivity contribution in [3.05, 3.63) is 59.6 Å². The van der Waals surface area contributed by atoms with E-state index in [4.69, 9.17) is 20.7 Å². The van der Waals surface area contributed by atoms with Crippen molar-refractivity contribution in [2.45, 2.75) is 9.79 Å². The lowest BCUT2D eigenvalue weighted by Gasteiger charge is -2.02. The van der Waals surface area contributed by atoms with Crippen molar-refractivity contribution < 1.29 is 25.9 Å². The Bertz CT molecular complexity index is 750. The minimum atomic E-state index is -4.66. The van der Waals surface area contributed by atoms with Crippen LogP contribution in [-0.2, 0) is 20.2 Å². The fourth-order valence-corrected chi connectivity index (χ4v) is 3.21. The molecule has 2 rings (SSSR count). The van der Waals surface area contributed by atoms with Crippen LogP contribution in [0.5, 0.6) is 0 Å². The molecule has 0 amide bonds. The van der Waals surface area contributed by atoms with Gasteiger partial charge >= 0.3 is 0 Å². The van der Waals surface area contributed by atoms with Crippen LogP contribution in [-0.4, -0.2) is 25.9 Å². The molecule has 2 aromatic rings. The summed E-state index contributed by atoms with van der Waals surface area (Å²) in [6.45, 7) is 0. The highest BCUT2D eigenvalue weighted by molar-refractivity contribution is 7.89. The lowest BCUT2D eigenvalue weighted by Crippen LogP contribution is -2.07. The molecule has 0 radical (unpaired) electrons. The Morgan fingerprint density at radius 1 is 0.667 bits per heavy atom. The van der Waals surface area contributed by atoms with Gasteiger partial charge in [0.05, 0.1) is 0 Å². The lowest BCUT2D eigenvalue weighted by molar-refractivity contribution is 0.466. The zero-order valence-electron chi connectivity index (χ0n) is 10.4. The zero-order chi connectivity index (χ0) is 16.1. The van der Waals surface area contributed by atoms with Gasteiger partial charge in [0.1, 0.15) is 9.79 Å². The SMILES string of the molecule is Clc1ccccc1.O=S(=O)(O)c1ccccc1S(=O)(=O)O. The summed E-state index contributed by atoms with van der Waals surface area (Å²) in [4.78, 5) is -1.69. The zero-order valence-corrected chi connectivity index (χ0v) is 12.8. The summed E-state index contributed by atoms with van der Waals surface area (Å²) in [6, 6.07) is 13.6. The van der Waals surface area contributed by atoms with Gasteiger partial charge in [0.25, 0.3) is 20.2 Å². The van der Waals surface area contributed by atoms with E-state index < -0.39 is 30.0 Å². The first kappa shape index (κ1) is 17.6. The van der Waals surface area contributed by atoms with E-state index in [0.717, 1.165) is 17.2 Å². The van der Waals surface area contributed by atoms with Crippen molar-refractivity contribution in [1.82, 2.24) is 0 Å². The molecule has 0 aliphatic carbocycles. The smallest absolute Gasteiger partial charge is 0.282 e. The largest absolute Gasteiger partial charge is 0.295 e. The first-order valence-corrected chi connectivity index (χ1v) is 8.63. The third-order valence-electron chi connectivity index (χ3n) is 2.14. The molecule has 0 aliphatic heterocycles. The van der Waals surface area contributed by atoms with Gasteiger partial charge in [-0.1, -0.05) is 41.9 Å². The standard InChI is InChI=1S/C6H5Cl.C6H6O6S2/c7-6-4-2-1-3-5-6;7-13(8,9)5-3-1-2-4-6(5)14(10,11)12/h1-5H;1-4H,(H,7,8,9)(H,10,11,12). The molecule has 2 N–H and O–H groups in total. The molecule has 21 heavy (non-hydrogen) atoms. The second-order valence-corrected chi connectivity index (χ2v) is 6.91. The molecule has 114 valence electrons. The van der Waals surface area contributed by atoms with Gasteiger partial charge in [-0.25, -0.2) is 0 Å². The Morgan fingerprint density at radius 2 is 1.00 bits per heavy atom. The van der Waals surface area contributed by atoms with E-state index in [1.54, 1.807) is 0 Å². The highest BCUT2D eigenvalue weighted by Crippen LogP contribution is 2.19. The second-order valence-electron chi connectivity index (χ2n) is 3.69.